The first kappa shape index (κ1) is 12.2. The van der Waals surface area contributed by atoms with Gasteiger partial charge >= 0.3 is 0 Å². The quantitative estimate of drug-likeness (QED) is 0.747. The van der Waals surface area contributed by atoms with Crippen LogP contribution in [0, 0.1) is 0 Å². The number of benzene rings is 1. The number of hydrogen-bond acceptors (Lipinski definition) is 6. The van der Waals surface area contributed by atoms with Crippen molar-refractivity contribution >= 4 is 11.2 Å². The Bertz CT molecular complexity index is 823. The lowest BCUT2D eigenvalue weighted by Gasteiger charge is -2.09. The molecule has 1 N–H and O–H groups in total. The topological polar surface area (TPSA) is 94.9 Å². The Hall–Kier alpha value is -2.90. The van der Waals surface area contributed by atoms with Crippen molar-refractivity contribution in [1.29, 1.82) is 0 Å². The van der Waals surface area contributed by atoms with E-state index in [0.717, 1.165) is 0 Å². The van der Waals surface area contributed by atoms with Crippen molar-refractivity contribution < 1.29 is 9.47 Å². The Balaban J connectivity index is 2.26. The first-order valence-corrected chi connectivity index (χ1v) is 5.76. The van der Waals surface area contributed by atoms with Crippen LogP contribution < -0.4 is 15.0 Å². The Morgan fingerprint density at radius 2 is 2.10 bits per heavy atom. The van der Waals surface area contributed by atoms with Crippen LogP contribution in [0.2, 0.25) is 0 Å². The van der Waals surface area contributed by atoms with Crippen LogP contribution in [-0.2, 0) is 0 Å². The fourth-order valence-corrected chi connectivity index (χ4v) is 1.88. The molecule has 0 spiro atoms. The predicted molar refractivity (Wildman–Crippen MR) is 70.4 cm³/mol. The number of nitrogens with zero attached hydrogens (tertiary/aromatic N) is 4. The molecule has 2 aromatic heterocycles. The predicted octanol–water partition coefficient (Wildman–Crippen LogP) is 0.521. The highest BCUT2D eigenvalue weighted by atomic mass is 16.5. The molecule has 1 aromatic carbocycles. The van der Waals surface area contributed by atoms with Crippen LogP contribution in [0.1, 0.15) is 0 Å². The maximum absolute atomic E-state index is 11.6. The van der Waals surface area contributed by atoms with E-state index >= 15 is 0 Å². The minimum Gasteiger partial charge on any atom is -0.497 e. The second-order valence-electron chi connectivity index (χ2n) is 3.94. The molecule has 0 amide bonds. The molecule has 102 valence electrons. The SMILES string of the molecule is COc1ccc(-n2nnc3c(=O)[nH]cnc32)c(OC)c1. The minimum absolute atomic E-state index is 0.172. The monoisotopic (exact) mass is 273 g/mol. The molecule has 0 aliphatic carbocycles. The molecule has 20 heavy (non-hydrogen) atoms. The van der Waals surface area contributed by atoms with Crippen LogP contribution in [0.15, 0.2) is 29.3 Å². The van der Waals surface area contributed by atoms with Gasteiger partial charge in [-0.2, -0.15) is 4.68 Å². The Kier molecular flexibility index (Phi) is 2.82. The number of fused-ring (bicyclic) bond motifs is 1. The highest BCUT2D eigenvalue weighted by molar-refractivity contribution is 5.71. The lowest BCUT2D eigenvalue weighted by atomic mass is 10.2. The second kappa shape index (κ2) is 4.65. The number of nitrogens with one attached hydrogen (secondary N) is 1. The van der Waals surface area contributed by atoms with Crippen LogP contribution in [0.25, 0.3) is 16.9 Å². The van der Waals surface area contributed by atoms with Crippen LogP contribution >= 0.6 is 0 Å². The Labute approximate surface area is 113 Å². The standard InChI is InChI=1S/C12H11N5O3/c1-19-7-3-4-8(9(5-7)20-2)17-11-10(15-16-17)12(18)14-6-13-11/h3-6H,1-2H3,(H,13,14,18). The van der Waals surface area contributed by atoms with Gasteiger partial charge in [0.25, 0.3) is 5.56 Å². The van der Waals surface area contributed by atoms with Gasteiger partial charge in [-0.15, -0.1) is 5.10 Å². The van der Waals surface area contributed by atoms with E-state index in [0.29, 0.717) is 22.8 Å². The molecule has 0 saturated carbocycles. The third kappa shape index (κ3) is 1.78. The Morgan fingerprint density at radius 1 is 1.25 bits per heavy atom. The number of aromatic nitrogens is 5. The third-order valence-corrected chi connectivity index (χ3v) is 2.86. The van der Waals surface area contributed by atoms with Gasteiger partial charge in [-0.3, -0.25) is 4.79 Å². The zero-order valence-electron chi connectivity index (χ0n) is 10.8. The van der Waals surface area contributed by atoms with E-state index in [1.54, 1.807) is 25.3 Å². The molecule has 0 bridgehead atoms. The second-order valence-corrected chi connectivity index (χ2v) is 3.94. The fourth-order valence-electron chi connectivity index (χ4n) is 1.88. The van der Waals surface area contributed by atoms with Gasteiger partial charge in [0, 0.05) is 6.07 Å². The maximum atomic E-state index is 11.6. The summed E-state index contributed by atoms with van der Waals surface area (Å²) in [6.07, 6.45) is 1.31. The lowest BCUT2D eigenvalue weighted by Crippen LogP contribution is -2.07. The minimum atomic E-state index is -0.339. The molecule has 2 heterocycles. The smallest absolute Gasteiger partial charge is 0.280 e. The molecule has 3 rings (SSSR count). The summed E-state index contributed by atoms with van der Waals surface area (Å²) in [5, 5.41) is 7.79. The molecule has 0 aliphatic rings. The molecule has 0 saturated heterocycles. The van der Waals surface area contributed by atoms with Crippen molar-refractivity contribution in [2.75, 3.05) is 14.2 Å². The average molecular weight is 273 g/mol. The number of rotatable bonds is 3. The van der Waals surface area contributed by atoms with Crippen molar-refractivity contribution in [3.63, 3.8) is 0 Å². The number of aromatic amines is 1. The summed E-state index contributed by atoms with van der Waals surface area (Å²) in [5.74, 6) is 1.19. The summed E-state index contributed by atoms with van der Waals surface area (Å²) in [6, 6.07) is 5.24. The Morgan fingerprint density at radius 3 is 2.85 bits per heavy atom. The van der Waals surface area contributed by atoms with E-state index in [1.165, 1.54) is 18.1 Å². The van der Waals surface area contributed by atoms with Gasteiger partial charge < -0.3 is 14.5 Å². The number of hydrogen-bond donors (Lipinski definition) is 1. The molecule has 0 atom stereocenters. The van der Waals surface area contributed by atoms with E-state index in [2.05, 4.69) is 20.3 Å². The molecule has 8 nitrogen and oxygen atoms in total. The van der Waals surface area contributed by atoms with E-state index in [-0.39, 0.29) is 11.1 Å². The normalized spacial score (nSPS) is 10.7. The van der Waals surface area contributed by atoms with Crippen molar-refractivity contribution in [3.05, 3.63) is 34.9 Å². The summed E-state index contributed by atoms with van der Waals surface area (Å²) in [7, 11) is 3.11. The molecule has 3 aromatic rings. The van der Waals surface area contributed by atoms with Gasteiger partial charge in [-0.05, 0) is 12.1 Å². The lowest BCUT2D eigenvalue weighted by molar-refractivity contribution is 0.392. The molecular weight excluding hydrogens is 262 g/mol. The number of H-pyrrole nitrogens is 1. The maximum Gasteiger partial charge on any atom is 0.280 e. The van der Waals surface area contributed by atoms with Crippen molar-refractivity contribution in [2.45, 2.75) is 0 Å². The van der Waals surface area contributed by atoms with E-state index < -0.39 is 0 Å². The highest BCUT2D eigenvalue weighted by Gasteiger charge is 2.14. The zero-order chi connectivity index (χ0) is 14.1. The largest absolute Gasteiger partial charge is 0.497 e. The summed E-state index contributed by atoms with van der Waals surface area (Å²) in [6.45, 7) is 0. The summed E-state index contributed by atoms with van der Waals surface area (Å²) in [4.78, 5) is 18.2. The van der Waals surface area contributed by atoms with Gasteiger partial charge in [-0.25, -0.2) is 4.98 Å². The molecule has 8 heteroatoms. The van der Waals surface area contributed by atoms with Gasteiger partial charge in [0.2, 0.25) is 0 Å². The zero-order valence-corrected chi connectivity index (χ0v) is 10.8. The highest BCUT2D eigenvalue weighted by Crippen LogP contribution is 2.28. The van der Waals surface area contributed by atoms with Crippen LogP contribution in [0.5, 0.6) is 11.5 Å². The first-order valence-electron chi connectivity index (χ1n) is 5.76. The van der Waals surface area contributed by atoms with E-state index in [4.69, 9.17) is 9.47 Å². The molecule has 0 fully saturated rings. The van der Waals surface area contributed by atoms with Crippen molar-refractivity contribution in [2.24, 2.45) is 0 Å². The summed E-state index contributed by atoms with van der Waals surface area (Å²) >= 11 is 0. The summed E-state index contributed by atoms with van der Waals surface area (Å²) in [5.41, 5.74) is 0.810. The van der Waals surface area contributed by atoms with Gasteiger partial charge in [-0.1, -0.05) is 5.21 Å². The first-order chi connectivity index (χ1) is 9.74. The van der Waals surface area contributed by atoms with Gasteiger partial charge in [0.1, 0.15) is 17.2 Å². The number of ether oxygens (including phenoxy) is 2. The molecule has 0 aliphatic heterocycles. The van der Waals surface area contributed by atoms with Crippen LogP contribution in [0.3, 0.4) is 0 Å². The van der Waals surface area contributed by atoms with E-state index in [9.17, 15) is 4.79 Å². The molecule has 0 unspecified atom stereocenters. The fraction of sp³-hybridized carbons (Fsp3) is 0.167. The third-order valence-electron chi connectivity index (χ3n) is 2.86. The molecular formula is C12H11N5O3. The van der Waals surface area contributed by atoms with Crippen molar-refractivity contribution in [3.8, 4) is 17.2 Å². The van der Waals surface area contributed by atoms with Gasteiger partial charge in [0.15, 0.2) is 11.2 Å². The van der Waals surface area contributed by atoms with Crippen molar-refractivity contribution in [1.82, 2.24) is 25.0 Å². The summed E-state index contributed by atoms with van der Waals surface area (Å²) < 4.78 is 11.9. The van der Waals surface area contributed by atoms with E-state index in [1.807, 2.05) is 0 Å². The molecule has 0 radical (unpaired) electrons. The van der Waals surface area contributed by atoms with Crippen LogP contribution in [0.4, 0.5) is 0 Å². The van der Waals surface area contributed by atoms with Gasteiger partial charge in [0.05, 0.1) is 20.5 Å². The average Bonchev–Trinajstić information content (AvgIpc) is 2.91. The number of methoxy groups -OCH3 is 2. The van der Waals surface area contributed by atoms with Crippen LogP contribution in [-0.4, -0.2) is 39.2 Å².